The predicted octanol–water partition coefficient (Wildman–Crippen LogP) is 3.38. The molecule has 0 N–H and O–H groups in total. The number of rotatable bonds is 5. The summed E-state index contributed by atoms with van der Waals surface area (Å²) in [6.45, 7) is 4.09. The van der Waals surface area contributed by atoms with Crippen molar-refractivity contribution >= 4 is 11.9 Å². The first-order valence-corrected chi connectivity index (χ1v) is 7.33. The monoisotopic (exact) mass is 308 g/mol. The minimum atomic E-state index is -0.601. The van der Waals surface area contributed by atoms with E-state index in [9.17, 15) is 9.59 Å². The molecule has 3 rings (SSSR count). The number of para-hydroxylation sites is 1. The molecule has 1 aliphatic heterocycles. The van der Waals surface area contributed by atoms with Gasteiger partial charge in [-0.2, -0.15) is 0 Å². The van der Waals surface area contributed by atoms with Crippen LogP contribution in [-0.2, 0) is 20.9 Å². The highest BCUT2D eigenvalue weighted by Gasteiger charge is 2.35. The normalized spacial score (nSPS) is 15.7. The molecule has 1 heterocycles. The summed E-state index contributed by atoms with van der Waals surface area (Å²) in [5.74, 6) is -0.875. The van der Waals surface area contributed by atoms with Crippen LogP contribution in [0.2, 0.25) is 0 Å². The van der Waals surface area contributed by atoms with Crippen LogP contribution >= 0.6 is 0 Å². The van der Waals surface area contributed by atoms with Gasteiger partial charge >= 0.3 is 11.9 Å². The lowest BCUT2D eigenvalue weighted by Crippen LogP contribution is -2.15. The van der Waals surface area contributed by atoms with Gasteiger partial charge in [0.1, 0.15) is 18.3 Å². The van der Waals surface area contributed by atoms with Gasteiger partial charge in [0.25, 0.3) is 0 Å². The third-order valence-electron chi connectivity index (χ3n) is 3.70. The van der Waals surface area contributed by atoms with Gasteiger partial charge in [-0.1, -0.05) is 55.1 Å². The molecule has 116 valence electrons. The van der Waals surface area contributed by atoms with E-state index >= 15 is 0 Å². The first kappa shape index (κ1) is 15.0. The van der Waals surface area contributed by atoms with E-state index in [1.54, 1.807) is 12.1 Å². The van der Waals surface area contributed by atoms with Crippen LogP contribution in [0.15, 0.2) is 66.7 Å². The maximum Gasteiger partial charge on any atom is 0.323 e. The Labute approximate surface area is 134 Å². The Morgan fingerprint density at radius 2 is 1.78 bits per heavy atom. The summed E-state index contributed by atoms with van der Waals surface area (Å²) in [6, 6.07) is 16.6. The molecule has 4 heteroatoms. The van der Waals surface area contributed by atoms with Gasteiger partial charge in [0, 0.05) is 5.56 Å². The first-order valence-electron chi connectivity index (χ1n) is 7.33. The van der Waals surface area contributed by atoms with Gasteiger partial charge in [-0.05, 0) is 17.2 Å². The van der Waals surface area contributed by atoms with Crippen molar-refractivity contribution in [2.45, 2.75) is 18.9 Å². The van der Waals surface area contributed by atoms with E-state index in [1.165, 1.54) is 0 Å². The predicted molar refractivity (Wildman–Crippen MR) is 84.8 cm³/mol. The maximum absolute atomic E-state index is 12.0. The maximum atomic E-state index is 12.0. The average Bonchev–Trinajstić information content (AvgIpc) is 2.89. The number of fused-ring (bicyclic) bond motifs is 1. The molecular formula is C19H16O4. The number of benzene rings is 2. The van der Waals surface area contributed by atoms with Gasteiger partial charge < -0.3 is 9.47 Å². The Hall–Kier alpha value is -2.88. The Morgan fingerprint density at radius 1 is 1.09 bits per heavy atom. The zero-order chi connectivity index (χ0) is 16.2. The van der Waals surface area contributed by atoms with E-state index in [4.69, 9.17) is 9.47 Å². The van der Waals surface area contributed by atoms with Crippen molar-refractivity contribution in [2.24, 2.45) is 0 Å². The van der Waals surface area contributed by atoms with Crippen molar-refractivity contribution < 1.29 is 19.1 Å². The van der Waals surface area contributed by atoms with Crippen molar-refractivity contribution in [3.05, 3.63) is 77.9 Å². The number of carbonyl (C=O) groups excluding carboxylic acids is 2. The second kappa shape index (κ2) is 6.48. The molecule has 0 aromatic heterocycles. The van der Waals surface area contributed by atoms with Crippen LogP contribution in [-0.4, -0.2) is 11.9 Å². The van der Waals surface area contributed by atoms with Crippen LogP contribution in [0.5, 0.6) is 5.75 Å². The summed E-state index contributed by atoms with van der Waals surface area (Å²) < 4.78 is 10.4. The molecule has 0 radical (unpaired) electrons. The minimum absolute atomic E-state index is 0.0130. The quantitative estimate of drug-likeness (QED) is 0.483. The van der Waals surface area contributed by atoms with Crippen LogP contribution in [0.3, 0.4) is 0 Å². The van der Waals surface area contributed by atoms with Crippen LogP contribution < -0.4 is 4.74 Å². The van der Waals surface area contributed by atoms with E-state index in [2.05, 4.69) is 6.58 Å². The van der Waals surface area contributed by atoms with Gasteiger partial charge in [-0.25, -0.2) is 0 Å². The van der Waals surface area contributed by atoms with Crippen LogP contribution in [0.25, 0.3) is 0 Å². The SMILES string of the molecule is C=C(CC(=O)OCc1ccccc1)C1C(=O)Oc2ccccc21. The molecule has 23 heavy (non-hydrogen) atoms. The molecule has 0 amide bonds. The lowest BCUT2D eigenvalue weighted by Gasteiger charge is -2.11. The number of hydrogen-bond donors (Lipinski definition) is 0. The smallest absolute Gasteiger partial charge is 0.323 e. The van der Waals surface area contributed by atoms with Gasteiger partial charge in [0.05, 0.1) is 6.42 Å². The molecule has 0 fully saturated rings. The second-order valence-electron chi connectivity index (χ2n) is 5.37. The fraction of sp³-hybridized carbons (Fsp3) is 0.158. The Kier molecular flexibility index (Phi) is 4.24. The Morgan fingerprint density at radius 3 is 2.57 bits per heavy atom. The molecule has 0 spiro atoms. The molecule has 2 aromatic carbocycles. The van der Waals surface area contributed by atoms with Crippen LogP contribution in [0.4, 0.5) is 0 Å². The van der Waals surface area contributed by atoms with Gasteiger partial charge in [-0.15, -0.1) is 0 Å². The van der Waals surface area contributed by atoms with E-state index in [1.807, 2.05) is 42.5 Å². The van der Waals surface area contributed by atoms with Gasteiger partial charge in [0.2, 0.25) is 0 Å². The van der Waals surface area contributed by atoms with Crippen LogP contribution in [0.1, 0.15) is 23.5 Å². The number of esters is 2. The average molecular weight is 308 g/mol. The summed E-state index contributed by atoms with van der Waals surface area (Å²) in [7, 11) is 0. The number of hydrogen-bond acceptors (Lipinski definition) is 4. The van der Waals surface area contributed by atoms with E-state index < -0.39 is 17.9 Å². The number of carbonyl (C=O) groups is 2. The minimum Gasteiger partial charge on any atom is -0.461 e. The summed E-state index contributed by atoms with van der Waals surface area (Å²) >= 11 is 0. The van der Waals surface area contributed by atoms with E-state index in [-0.39, 0.29) is 13.0 Å². The molecule has 0 saturated carbocycles. The highest BCUT2D eigenvalue weighted by atomic mass is 16.5. The third kappa shape index (κ3) is 3.31. The van der Waals surface area contributed by atoms with Crippen molar-refractivity contribution in [3.63, 3.8) is 0 Å². The first-order chi connectivity index (χ1) is 11.1. The topological polar surface area (TPSA) is 52.6 Å². The molecule has 0 bridgehead atoms. The van der Waals surface area contributed by atoms with Crippen LogP contribution in [0, 0.1) is 0 Å². The zero-order valence-electron chi connectivity index (χ0n) is 12.5. The standard InChI is InChI=1S/C19H16O4/c1-13(11-17(20)22-12-14-7-3-2-4-8-14)18-15-9-5-6-10-16(15)23-19(18)21/h2-10,18H,1,11-12H2. The van der Waals surface area contributed by atoms with Crippen molar-refractivity contribution in [1.82, 2.24) is 0 Å². The van der Waals surface area contributed by atoms with Gasteiger partial charge in [0.15, 0.2) is 0 Å². The molecule has 4 nitrogen and oxygen atoms in total. The Balaban J connectivity index is 1.61. The molecular weight excluding hydrogens is 292 g/mol. The van der Waals surface area contributed by atoms with E-state index in [0.717, 1.165) is 11.1 Å². The van der Waals surface area contributed by atoms with Gasteiger partial charge in [-0.3, -0.25) is 9.59 Å². The molecule has 1 aliphatic rings. The second-order valence-corrected chi connectivity index (χ2v) is 5.37. The Bertz CT molecular complexity index is 749. The molecule has 0 aliphatic carbocycles. The molecule has 1 atom stereocenters. The molecule has 0 saturated heterocycles. The van der Waals surface area contributed by atoms with E-state index in [0.29, 0.717) is 11.3 Å². The highest BCUT2D eigenvalue weighted by molar-refractivity contribution is 5.90. The zero-order valence-corrected chi connectivity index (χ0v) is 12.5. The third-order valence-corrected chi connectivity index (χ3v) is 3.70. The fourth-order valence-corrected chi connectivity index (χ4v) is 2.57. The fourth-order valence-electron chi connectivity index (χ4n) is 2.57. The van der Waals surface area contributed by atoms with Crippen molar-refractivity contribution in [2.75, 3.05) is 0 Å². The summed E-state index contributed by atoms with van der Waals surface area (Å²) in [6.07, 6.45) is -0.0130. The lowest BCUT2D eigenvalue weighted by atomic mass is 9.91. The summed E-state index contributed by atoms with van der Waals surface area (Å²) in [5.41, 5.74) is 2.15. The molecule has 1 unspecified atom stereocenters. The molecule has 2 aromatic rings. The summed E-state index contributed by atoms with van der Waals surface area (Å²) in [4.78, 5) is 24.0. The van der Waals surface area contributed by atoms with Crippen molar-refractivity contribution in [3.8, 4) is 5.75 Å². The number of ether oxygens (including phenoxy) is 2. The summed E-state index contributed by atoms with van der Waals surface area (Å²) in [5, 5.41) is 0. The highest BCUT2D eigenvalue weighted by Crippen LogP contribution is 2.39. The largest absolute Gasteiger partial charge is 0.461 e. The lowest BCUT2D eigenvalue weighted by molar-refractivity contribution is -0.144. The van der Waals surface area contributed by atoms with Crippen molar-refractivity contribution in [1.29, 1.82) is 0 Å².